The van der Waals surface area contributed by atoms with E-state index in [1.807, 2.05) is 0 Å². The summed E-state index contributed by atoms with van der Waals surface area (Å²) in [6.45, 7) is -4.06. The smallest absolute Gasteiger partial charge is 0.217 e. The van der Waals surface area contributed by atoms with Crippen LogP contribution in [0.2, 0.25) is 0 Å². The summed E-state index contributed by atoms with van der Waals surface area (Å²) in [6, 6.07) is -9.49. The molecule has 125 heavy (non-hydrogen) atoms. The number of nitrogens with one attached hydrogen (secondary N) is 5. The van der Waals surface area contributed by atoms with Gasteiger partial charge in [0.1, 0.15) is 238 Å². The summed E-state index contributed by atoms with van der Waals surface area (Å²) < 4.78 is 114. The number of hydrogen-bond donors (Lipinski definition) is 31. The molecule has 0 aromatic carbocycles. The van der Waals surface area contributed by atoms with Gasteiger partial charge in [-0.05, 0) is 6.92 Å². The number of carbonyl (C=O) groups excluding carboxylic acids is 5. The Morgan fingerprint density at radius 3 is 0.936 bits per heavy atom. The molecule has 0 saturated carbocycles. The molecule has 0 spiro atoms. The third-order valence-electron chi connectivity index (χ3n) is 22.8. The van der Waals surface area contributed by atoms with Gasteiger partial charge in [-0.15, -0.1) is 0 Å². The van der Waals surface area contributed by atoms with Gasteiger partial charge < -0.3 is 249 Å². The first-order chi connectivity index (χ1) is 59.1. The molecule has 50 atom stereocenters. The summed E-state index contributed by atoms with van der Waals surface area (Å²) in [5.74, 6) is -4.64. The van der Waals surface area contributed by atoms with Gasteiger partial charge in [-0.1, -0.05) is 0 Å². The molecule has 10 rings (SSSR count). The lowest BCUT2D eigenvalue weighted by Gasteiger charge is -2.52. The third kappa shape index (κ3) is 23.1. The van der Waals surface area contributed by atoms with E-state index in [2.05, 4.69) is 26.6 Å². The molecular weight excluding hydrogens is 1710 g/mol. The van der Waals surface area contributed by atoms with Crippen LogP contribution < -0.4 is 26.6 Å². The lowest BCUT2D eigenvalue weighted by Crippen LogP contribution is -2.71. The lowest BCUT2D eigenvalue weighted by atomic mass is 9.93. The van der Waals surface area contributed by atoms with E-state index in [-0.39, 0.29) is 0 Å². The van der Waals surface area contributed by atoms with E-state index in [1.54, 1.807) is 0 Å². The minimum absolute atomic E-state index is 0.853. The minimum Gasteiger partial charge on any atom is -0.394 e. The zero-order chi connectivity index (χ0) is 92.1. The Morgan fingerprint density at radius 1 is 0.224 bits per heavy atom. The van der Waals surface area contributed by atoms with E-state index in [4.69, 9.17) is 90.0 Å². The predicted molar refractivity (Wildman–Crippen MR) is 386 cm³/mol. The van der Waals surface area contributed by atoms with Crippen LogP contribution in [0.3, 0.4) is 0 Å². The van der Waals surface area contributed by atoms with Crippen molar-refractivity contribution in [3.8, 4) is 0 Å². The summed E-state index contributed by atoms with van der Waals surface area (Å²) in [7, 11) is 0. The number of rotatable bonds is 32. The molecule has 10 heterocycles. The maximum atomic E-state index is 13.3. The molecule has 55 nitrogen and oxygen atoms in total. The van der Waals surface area contributed by atoms with Crippen molar-refractivity contribution >= 4 is 29.5 Å². The van der Waals surface area contributed by atoms with Gasteiger partial charge in [0, 0.05) is 34.6 Å². The summed E-state index contributed by atoms with van der Waals surface area (Å²) in [4.78, 5) is 64.3. The van der Waals surface area contributed by atoms with Crippen molar-refractivity contribution in [3.63, 3.8) is 0 Å². The average molecular weight is 1830 g/mol. The van der Waals surface area contributed by atoms with Crippen molar-refractivity contribution in [2.45, 2.75) is 348 Å². The SMILES string of the molecule is CC(=O)N[C@@H]1[C@H](O[C@@H]2[C@@H](O[C@@H]3[C@H](O)[C@H](O[C@H]4[C@H](O)[C@@H](NC(C)=O)[C@H](O[C@H]5[C@H](O)[C@@H](NC(C)=O)C(O)O[C@@H]5CO[C@@H]5O[C@@H](C)[C@@H](O)[C@@H](O)[C@@H]5O)O[C@@H]4CO)O[C@H](CO[C@H]4O[C@H](CO)[C@@H](O)[C@H](O)[C@@H]4O[C@@H]4O[C@H](CO)[C@@H](O[C@@H]5O[C@H](CO)[C@H](O)[C@H](O)[C@H]5O)[C@H](O)[C@H]4NC(C)=O)[C@H]3O)O[C@H](CO)[C@@H](O[C@@H]3O[C@H](CO)[C@@H](O)[C@H](O)[C@H]3NC(C)=O)[C@@H]2O)O[C@H](CO)[C@@H](O)[C@@H]1O. The first-order valence-corrected chi connectivity index (χ1v) is 40.0. The van der Waals surface area contributed by atoms with Crippen molar-refractivity contribution in [2.24, 2.45) is 0 Å². The number of carbonyl (C=O) groups is 5. The molecule has 10 saturated heterocycles. The summed E-state index contributed by atoms with van der Waals surface area (Å²) in [5, 5.41) is 304. The van der Waals surface area contributed by atoms with E-state index in [0.717, 1.165) is 34.6 Å². The van der Waals surface area contributed by atoms with Crippen LogP contribution in [-0.4, -0.2) is 529 Å². The van der Waals surface area contributed by atoms with Crippen LogP contribution in [-0.2, 0) is 114 Å². The maximum absolute atomic E-state index is 13.3. The van der Waals surface area contributed by atoms with Crippen molar-refractivity contribution in [1.29, 1.82) is 0 Å². The summed E-state index contributed by atoms with van der Waals surface area (Å²) >= 11 is 0. The Morgan fingerprint density at radius 2 is 0.504 bits per heavy atom. The topological polar surface area (TPSA) is 847 Å². The molecule has 31 N–H and O–H groups in total. The third-order valence-corrected chi connectivity index (χ3v) is 22.8. The highest BCUT2D eigenvalue weighted by molar-refractivity contribution is 5.75. The molecule has 0 radical (unpaired) electrons. The highest BCUT2D eigenvalue weighted by Gasteiger charge is 2.62. The monoisotopic (exact) mass is 1830 g/mol. The van der Waals surface area contributed by atoms with Crippen molar-refractivity contribution in [1.82, 2.24) is 26.6 Å². The molecule has 0 bridgehead atoms. The number of amides is 5. The molecule has 10 aliphatic heterocycles. The Kier molecular flexibility index (Phi) is 36.8. The van der Waals surface area contributed by atoms with Crippen molar-refractivity contribution in [3.05, 3.63) is 0 Å². The van der Waals surface area contributed by atoms with E-state index in [1.165, 1.54) is 6.92 Å². The zero-order valence-electron chi connectivity index (χ0n) is 67.7. The zero-order valence-corrected chi connectivity index (χ0v) is 67.7. The molecule has 1 unspecified atom stereocenters. The number of ether oxygens (including phenoxy) is 19. The first kappa shape index (κ1) is 103. The highest BCUT2D eigenvalue weighted by atomic mass is 16.8. The first-order valence-electron chi connectivity index (χ1n) is 40.0. The normalized spacial score (nSPS) is 48.7. The van der Waals surface area contributed by atoms with Gasteiger partial charge in [-0.2, -0.15) is 0 Å². The Bertz CT molecular complexity index is 3420. The summed E-state index contributed by atoms with van der Waals surface area (Å²) in [5.41, 5.74) is 0. The highest BCUT2D eigenvalue weighted by Crippen LogP contribution is 2.41. The number of hydrogen-bond acceptors (Lipinski definition) is 50. The van der Waals surface area contributed by atoms with Gasteiger partial charge in [-0.3, -0.25) is 24.0 Å². The van der Waals surface area contributed by atoms with Crippen LogP contribution in [0.25, 0.3) is 0 Å². The maximum Gasteiger partial charge on any atom is 0.217 e. The van der Waals surface area contributed by atoms with Crippen LogP contribution in [0.4, 0.5) is 0 Å². The van der Waals surface area contributed by atoms with Gasteiger partial charge in [0.05, 0.1) is 65.6 Å². The van der Waals surface area contributed by atoms with Crippen LogP contribution in [0, 0.1) is 0 Å². The van der Waals surface area contributed by atoms with Gasteiger partial charge in [0.2, 0.25) is 29.5 Å². The van der Waals surface area contributed by atoms with Crippen LogP contribution in [0.1, 0.15) is 41.5 Å². The molecule has 0 aliphatic carbocycles. The Balaban J connectivity index is 1.02. The predicted octanol–water partition coefficient (Wildman–Crippen LogP) is -21.1. The van der Waals surface area contributed by atoms with Gasteiger partial charge in [0.25, 0.3) is 0 Å². The molecule has 722 valence electrons. The van der Waals surface area contributed by atoms with E-state index < -0.39 is 396 Å². The average Bonchev–Trinajstić information content (AvgIpc) is 0.763. The number of aliphatic hydroxyl groups excluding tert-OH is 26. The standard InChI is InChI=1S/C70H117N5O50/c1-16-36(88)47(99)50(102)66(109-16)107-15-30-57(44(96)31(61(106)110-30)71-17(2)83)120-64-34(74-20(5)86)45(97)55(27(12-81)115-64)122-68-53(105)58(123-70-60(125-63-33(73-19(4)85)43(95)38(90)23(8-77)112-63)52(104)56(28(13-82)117-70)119-62-32(72-18(3)84)42(94)37(89)22(7-76)111-62)41(93)29(118-68)14-108-69-59(49(101)40(92)25(10-79)114-69)124-65-35(75-21(6)87)46(98)54(26(11-80)116-65)121-67-51(103)48(100)39(91)24(9-78)113-67/h16,22-70,76-82,88-106H,7-15H2,1-6H3,(H,71,83)(H,72,84)(H,73,85)(H,74,86)(H,75,87)/t16-,22+,23+,24+,25+,26+,27+,28+,29+,30+,31+,32+,33-,34+,35+,36+,37+,38+,39-,40+,41+,42+,43+,44+,45+,46+,47+,48-,49-,50-,51+,52-,53-,54+,55+,56+,57+,58-,59-,60-,61?,62-,63-,64-,65-,66+,67-,68-,69-,70+/m0/s1. The fraction of sp³-hybridized carbons (Fsp3) is 0.929. The van der Waals surface area contributed by atoms with Crippen LogP contribution >= 0.6 is 0 Å². The Labute approximate surface area is 708 Å². The second kappa shape index (κ2) is 44.9. The molecule has 10 fully saturated rings. The summed E-state index contributed by atoms with van der Waals surface area (Å²) in [6.07, 6.45) is -94.1. The largest absolute Gasteiger partial charge is 0.394 e. The molecule has 5 amide bonds. The fourth-order valence-corrected chi connectivity index (χ4v) is 16.2. The van der Waals surface area contributed by atoms with Crippen LogP contribution in [0.5, 0.6) is 0 Å². The fourth-order valence-electron chi connectivity index (χ4n) is 16.2. The van der Waals surface area contributed by atoms with E-state index in [9.17, 15) is 157 Å². The number of aliphatic hydroxyl groups is 26. The van der Waals surface area contributed by atoms with E-state index in [0.29, 0.717) is 0 Å². The second-order valence-corrected chi connectivity index (χ2v) is 31.7. The van der Waals surface area contributed by atoms with Crippen LogP contribution in [0.15, 0.2) is 0 Å². The molecule has 0 aromatic rings. The minimum atomic E-state index is -2.67. The van der Waals surface area contributed by atoms with E-state index >= 15 is 0 Å². The molecule has 0 aromatic heterocycles. The van der Waals surface area contributed by atoms with Gasteiger partial charge >= 0.3 is 0 Å². The van der Waals surface area contributed by atoms with Crippen molar-refractivity contribution < 1.29 is 247 Å². The van der Waals surface area contributed by atoms with Crippen molar-refractivity contribution in [2.75, 3.05) is 59.5 Å². The molecule has 55 heteroatoms. The second-order valence-electron chi connectivity index (χ2n) is 31.7. The Hall–Kier alpha value is -4.45. The molecular formula is C70H117N5O50. The lowest BCUT2D eigenvalue weighted by molar-refractivity contribution is -0.403. The molecule has 10 aliphatic rings. The van der Waals surface area contributed by atoms with Gasteiger partial charge in [-0.25, -0.2) is 0 Å². The van der Waals surface area contributed by atoms with Gasteiger partial charge in [0.15, 0.2) is 62.9 Å². The quantitative estimate of drug-likeness (QED) is 0.0297.